The molecule has 1 saturated carbocycles. The molecule has 6 heteroatoms. The molecule has 0 bridgehead atoms. The molecule has 6 nitrogen and oxygen atoms in total. The minimum absolute atomic E-state index is 0.0656. The lowest BCUT2D eigenvalue weighted by Crippen LogP contribution is -2.40. The van der Waals surface area contributed by atoms with Gasteiger partial charge in [-0.2, -0.15) is 0 Å². The highest BCUT2D eigenvalue weighted by atomic mass is 16.5. The summed E-state index contributed by atoms with van der Waals surface area (Å²) in [4.78, 5) is 21.6. The molecule has 2 heterocycles. The maximum Gasteiger partial charge on any atom is 0.255 e. The number of hydrogen-bond acceptors (Lipinski definition) is 4. The number of amides is 1. The van der Waals surface area contributed by atoms with E-state index in [0.717, 1.165) is 42.6 Å². The van der Waals surface area contributed by atoms with E-state index in [1.165, 1.54) is 0 Å². The summed E-state index contributed by atoms with van der Waals surface area (Å²) in [6.07, 6.45) is 11.4. The highest BCUT2D eigenvalue weighted by molar-refractivity contribution is 6.00. The first kappa shape index (κ1) is 22.9. The Labute approximate surface area is 185 Å². The summed E-state index contributed by atoms with van der Waals surface area (Å²) in [6.45, 7) is 13.7. The van der Waals surface area contributed by atoms with E-state index in [1.54, 1.807) is 6.20 Å². The van der Waals surface area contributed by atoms with E-state index < -0.39 is 0 Å². The smallest absolute Gasteiger partial charge is 0.255 e. The molecular weight excluding hydrogens is 388 g/mol. The van der Waals surface area contributed by atoms with Crippen LogP contribution in [0.15, 0.2) is 41.7 Å². The molecule has 3 rings (SSSR count). The lowest BCUT2D eigenvalue weighted by Gasteiger charge is -2.33. The monoisotopic (exact) mass is 422 g/mol. The van der Waals surface area contributed by atoms with Gasteiger partial charge in [0, 0.05) is 24.1 Å². The molecule has 31 heavy (non-hydrogen) atoms. The third-order valence-corrected chi connectivity index (χ3v) is 5.53. The molecule has 166 valence electrons. The normalized spacial score (nSPS) is 20.4. The zero-order valence-corrected chi connectivity index (χ0v) is 19.3. The van der Waals surface area contributed by atoms with Gasteiger partial charge in [-0.15, -0.1) is 0 Å². The molecule has 2 aromatic rings. The highest BCUT2D eigenvalue weighted by Crippen LogP contribution is 2.26. The van der Waals surface area contributed by atoms with Gasteiger partial charge in [0.05, 0.1) is 23.0 Å². The highest BCUT2D eigenvalue weighted by Gasteiger charge is 2.27. The first-order chi connectivity index (χ1) is 14.7. The van der Waals surface area contributed by atoms with Crippen molar-refractivity contribution in [3.8, 4) is 0 Å². The molecule has 0 spiro atoms. The second-order valence-electron chi connectivity index (χ2n) is 9.26. The summed E-state index contributed by atoms with van der Waals surface area (Å²) < 4.78 is 8.06. The number of ether oxygens (including phenoxy) is 1. The fourth-order valence-corrected chi connectivity index (χ4v) is 4.04. The van der Waals surface area contributed by atoms with Crippen molar-refractivity contribution in [2.75, 3.05) is 0 Å². The zero-order chi connectivity index (χ0) is 22.6. The summed E-state index contributed by atoms with van der Waals surface area (Å²) in [6, 6.07) is 4.04. The van der Waals surface area contributed by atoms with Gasteiger partial charge in [-0.3, -0.25) is 9.79 Å². The third kappa shape index (κ3) is 5.91. The van der Waals surface area contributed by atoms with E-state index >= 15 is 0 Å². The Hall–Kier alpha value is -2.73. The Morgan fingerprint density at radius 2 is 2.03 bits per heavy atom. The maximum absolute atomic E-state index is 13.1. The van der Waals surface area contributed by atoms with Crippen LogP contribution in [-0.2, 0) is 4.74 Å². The van der Waals surface area contributed by atoms with Crippen LogP contribution in [-0.4, -0.2) is 39.8 Å². The van der Waals surface area contributed by atoms with Gasteiger partial charge in [0.15, 0.2) is 0 Å². The van der Waals surface area contributed by atoms with E-state index in [9.17, 15) is 4.79 Å². The summed E-state index contributed by atoms with van der Waals surface area (Å²) in [5, 5.41) is 3.21. The van der Waals surface area contributed by atoms with Gasteiger partial charge in [-0.1, -0.05) is 6.08 Å². The summed E-state index contributed by atoms with van der Waals surface area (Å²) in [7, 11) is 0. The number of allylic oxidation sites excluding steroid dienone is 3. The third-order valence-electron chi connectivity index (χ3n) is 5.53. The van der Waals surface area contributed by atoms with Crippen molar-refractivity contribution >= 4 is 23.8 Å². The van der Waals surface area contributed by atoms with Gasteiger partial charge in [-0.05, 0) is 90.8 Å². The quantitative estimate of drug-likeness (QED) is 0.519. The second kappa shape index (κ2) is 9.60. The molecule has 0 saturated heterocycles. The maximum atomic E-state index is 13.1. The first-order valence-electron chi connectivity index (χ1n) is 10.9. The molecule has 0 unspecified atom stereocenters. The minimum atomic E-state index is -0.127. The van der Waals surface area contributed by atoms with Crippen LogP contribution in [0.25, 0.3) is 11.2 Å². The SMILES string of the molecule is C=N/C=C\C=C(/C)c1cc(C)n2ccc(C(=O)N[C@H]3CC[C@H](OC(C)(C)C)CC3)c2n1. The molecule has 0 aromatic carbocycles. The average molecular weight is 423 g/mol. The van der Waals surface area contributed by atoms with Crippen molar-refractivity contribution in [1.82, 2.24) is 14.7 Å². The van der Waals surface area contributed by atoms with Gasteiger partial charge in [0.2, 0.25) is 0 Å². The Kier molecular flexibility index (Phi) is 7.11. The van der Waals surface area contributed by atoms with E-state index in [1.807, 2.05) is 48.7 Å². The molecule has 1 amide bonds. The van der Waals surface area contributed by atoms with Crippen molar-refractivity contribution in [3.05, 3.63) is 53.6 Å². The molecule has 1 N–H and O–H groups in total. The summed E-state index contributed by atoms with van der Waals surface area (Å²) in [5.74, 6) is -0.0656. The fourth-order valence-electron chi connectivity index (χ4n) is 4.04. The molecule has 1 aliphatic carbocycles. The number of aliphatic imine (C=N–C) groups is 1. The molecule has 0 radical (unpaired) electrons. The molecular formula is C25H34N4O2. The van der Waals surface area contributed by atoms with Gasteiger partial charge < -0.3 is 14.5 Å². The summed E-state index contributed by atoms with van der Waals surface area (Å²) in [5.41, 5.74) is 4.02. The van der Waals surface area contributed by atoms with Gasteiger partial charge in [-0.25, -0.2) is 4.98 Å². The van der Waals surface area contributed by atoms with Crippen LogP contribution in [0.4, 0.5) is 0 Å². The van der Waals surface area contributed by atoms with E-state index in [4.69, 9.17) is 9.72 Å². The van der Waals surface area contributed by atoms with Crippen LogP contribution in [0.2, 0.25) is 0 Å². The number of carbonyl (C=O) groups excluding carboxylic acids is 1. The van der Waals surface area contributed by atoms with Crippen LogP contribution in [0, 0.1) is 6.92 Å². The number of nitrogens with one attached hydrogen (secondary N) is 1. The molecule has 0 atom stereocenters. The van der Waals surface area contributed by atoms with Crippen LogP contribution >= 0.6 is 0 Å². The summed E-state index contributed by atoms with van der Waals surface area (Å²) >= 11 is 0. The molecule has 2 aromatic heterocycles. The number of nitrogens with zero attached hydrogens (tertiary/aromatic N) is 3. The number of hydrogen-bond donors (Lipinski definition) is 1. The second-order valence-corrected chi connectivity index (χ2v) is 9.26. The lowest BCUT2D eigenvalue weighted by atomic mass is 9.92. The minimum Gasteiger partial charge on any atom is -0.373 e. The largest absolute Gasteiger partial charge is 0.373 e. The van der Waals surface area contributed by atoms with Crippen LogP contribution in [0.5, 0.6) is 0 Å². The van der Waals surface area contributed by atoms with E-state index in [-0.39, 0.29) is 23.7 Å². The van der Waals surface area contributed by atoms with Crippen molar-refractivity contribution in [2.24, 2.45) is 4.99 Å². The van der Waals surface area contributed by atoms with E-state index in [0.29, 0.717) is 11.2 Å². The predicted octanol–water partition coefficient (Wildman–Crippen LogP) is 5.12. The molecule has 1 aliphatic rings. The van der Waals surface area contributed by atoms with Crippen molar-refractivity contribution in [2.45, 2.75) is 78.0 Å². The molecule has 1 fully saturated rings. The average Bonchev–Trinajstić information content (AvgIpc) is 3.13. The number of aromatic nitrogens is 2. The first-order valence-corrected chi connectivity index (χ1v) is 10.9. The van der Waals surface area contributed by atoms with Gasteiger partial charge >= 0.3 is 0 Å². The van der Waals surface area contributed by atoms with Crippen molar-refractivity contribution in [1.29, 1.82) is 0 Å². The standard InChI is InChI=1S/C25H34N4O2/c1-17(8-7-14-26-6)22-16-18(2)29-15-13-21(23(29)28-22)24(30)27-19-9-11-20(12-10-19)31-25(3,4)5/h7-8,13-16,19-20H,6,9-12H2,1-5H3,(H,27,30)/b14-7-,17-8+/t19-,20-. The Bertz CT molecular complexity index is 1000. The van der Waals surface area contributed by atoms with Crippen molar-refractivity contribution in [3.63, 3.8) is 0 Å². The Balaban J connectivity index is 1.74. The van der Waals surface area contributed by atoms with E-state index in [2.05, 4.69) is 37.8 Å². The van der Waals surface area contributed by atoms with Crippen LogP contribution < -0.4 is 5.32 Å². The van der Waals surface area contributed by atoms with Crippen molar-refractivity contribution < 1.29 is 9.53 Å². The van der Waals surface area contributed by atoms with Gasteiger partial charge in [0.25, 0.3) is 5.91 Å². The Morgan fingerprint density at radius 3 is 2.68 bits per heavy atom. The number of carbonyl (C=O) groups is 1. The predicted molar refractivity (Wildman–Crippen MR) is 127 cm³/mol. The number of rotatable bonds is 6. The number of fused-ring (bicyclic) bond motifs is 1. The Morgan fingerprint density at radius 1 is 1.32 bits per heavy atom. The number of aryl methyl sites for hydroxylation is 1. The lowest BCUT2D eigenvalue weighted by molar-refractivity contribution is -0.0757. The fraction of sp³-hybridized carbons (Fsp3) is 0.480. The zero-order valence-electron chi connectivity index (χ0n) is 19.3. The topological polar surface area (TPSA) is 68.0 Å². The van der Waals surface area contributed by atoms with Crippen LogP contribution in [0.3, 0.4) is 0 Å². The van der Waals surface area contributed by atoms with Gasteiger partial charge in [0.1, 0.15) is 5.65 Å². The molecule has 0 aliphatic heterocycles. The van der Waals surface area contributed by atoms with Crippen LogP contribution in [0.1, 0.15) is 75.1 Å².